The fourth-order valence-electron chi connectivity index (χ4n) is 1.24. The first-order valence-corrected chi connectivity index (χ1v) is 5.37. The summed E-state index contributed by atoms with van der Waals surface area (Å²) in [4.78, 5) is 10.6. The van der Waals surface area contributed by atoms with Gasteiger partial charge in [0.25, 0.3) is 0 Å². The molecule has 0 aromatic heterocycles. The largest absolute Gasteiger partial charge is 0.449 e. The standard InChI is InChI=1S/C12H10ClF3O2/c1-8(17)18-11(12(14,15)16)6-5-9-3-2-4-10(13)7-9/h2-4,6-7H,5H2,1H3. The lowest BCUT2D eigenvalue weighted by molar-refractivity contribution is -0.158. The Morgan fingerprint density at radius 3 is 2.61 bits per heavy atom. The van der Waals surface area contributed by atoms with Gasteiger partial charge < -0.3 is 4.74 Å². The van der Waals surface area contributed by atoms with E-state index in [1.165, 1.54) is 0 Å². The monoisotopic (exact) mass is 278 g/mol. The molecule has 6 heteroatoms. The zero-order valence-corrected chi connectivity index (χ0v) is 10.2. The van der Waals surface area contributed by atoms with Crippen LogP contribution in [0, 0.1) is 0 Å². The third-order valence-corrected chi connectivity index (χ3v) is 2.18. The lowest BCUT2D eigenvalue weighted by Crippen LogP contribution is -2.17. The van der Waals surface area contributed by atoms with Gasteiger partial charge in [-0.2, -0.15) is 13.2 Å². The van der Waals surface area contributed by atoms with Crippen LogP contribution in [0.3, 0.4) is 0 Å². The van der Waals surface area contributed by atoms with Gasteiger partial charge in [-0.3, -0.25) is 4.79 Å². The van der Waals surface area contributed by atoms with Crippen molar-refractivity contribution in [3.05, 3.63) is 46.7 Å². The molecule has 0 N–H and O–H groups in total. The van der Waals surface area contributed by atoms with Gasteiger partial charge in [-0.1, -0.05) is 23.7 Å². The molecule has 98 valence electrons. The number of hydrogen-bond acceptors (Lipinski definition) is 2. The average molecular weight is 279 g/mol. The third-order valence-electron chi connectivity index (χ3n) is 1.95. The van der Waals surface area contributed by atoms with Crippen molar-refractivity contribution in [2.75, 3.05) is 0 Å². The summed E-state index contributed by atoms with van der Waals surface area (Å²) in [6, 6.07) is 6.42. The van der Waals surface area contributed by atoms with Gasteiger partial charge in [0.15, 0.2) is 0 Å². The molecule has 0 aliphatic rings. The van der Waals surface area contributed by atoms with Gasteiger partial charge in [0.1, 0.15) is 0 Å². The lowest BCUT2D eigenvalue weighted by Gasteiger charge is -2.10. The Hall–Kier alpha value is -1.49. The smallest absolute Gasteiger partial charge is 0.422 e. The van der Waals surface area contributed by atoms with Crippen LogP contribution < -0.4 is 0 Å². The third kappa shape index (κ3) is 4.79. The zero-order valence-electron chi connectivity index (χ0n) is 9.42. The van der Waals surface area contributed by atoms with Crippen molar-refractivity contribution >= 4 is 17.6 Å². The van der Waals surface area contributed by atoms with E-state index in [9.17, 15) is 18.0 Å². The highest BCUT2D eigenvalue weighted by atomic mass is 35.5. The van der Waals surface area contributed by atoms with Crippen molar-refractivity contribution in [2.24, 2.45) is 0 Å². The number of allylic oxidation sites excluding steroid dienone is 2. The summed E-state index contributed by atoms with van der Waals surface area (Å²) in [5.41, 5.74) is 0.594. The second-order valence-electron chi connectivity index (χ2n) is 3.49. The van der Waals surface area contributed by atoms with Crippen LogP contribution in [0.4, 0.5) is 13.2 Å². The molecular weight excluding hydrogens is 269 g/mol. The fourth-order valence-corrected chi connectivity index (χ4v) is 1.46. The fraction of sp³-hybridized carbons (Fsp3) is 0.250. The van der Waals surface area contributed by atoms with Crippen molar-refractivity contribution in [3.63, 3.8) is 0 Å². The molecule has 1 aromatic carbocycles. The first-order chi connectivity index (χ1) is 8.29. The van der Waals surface area contributed by atoms with Crippen molar-refractivity contribution in [3.8, 4) is 0 Å². The van der Waals surface area contributed by atoms with Crippen LogP contribution in [0.2, 0.25) is 5.02 Å². The normalized spacial score (nSPS) is 12.4. The molecule has 0 saturated heterocycles. The molecule has 0 radical (unpaired) electrons. The molecule has 0 heterocycles. The highest BCUT2D eigenvalue weighted by Crippen LogP contribution is 2.27. The number of esters is 1. The van der Waals surface area contributed by atoms with Crippen LogP contribution in [0.1, 0.15) is 12.5 Å². The van der Waals surface area contributed by atoms with Gasteiger partial charge in [-0.05, 0) is 30.2 Å². The Morgan fingerprint density at radius 1 is 1.44 bits per heavy atom. The molecule has 1 rings (SSSR count). The number of carbonyl (C=O) groups is 1. The van der Waals surface area contributed by atoms with Gasteiger partial charge in [-0.15, -0.1) is 0 Å². The van der Waals surface area contributed by atoms with E-state index in [2.05, 4.69) is 4.74 Å². The summed E-state index contributed by atoms with van der Waals surface area (Å²) in [5, 5.41) is 0.432. The Bertz CT molecular complexity index is 467. The van der Waals surface area contributed by atoms with E-state index in [0.29, 0.717) is 10.6 Å². The number of hydrogen-bond donors (Lipinski definition) is 0. The van der Waals surface area contributed by atoms with Crippen molar-refractivity contribution in [1.29, 1.82) is 0 Å². The number of rotatable bonds is 3. The van der Waals surface area contributed by atoms with E-state index < -0.39 is 17.9 Å². The van der Waals surface area contributed by atoms with E-state index in [4.69, 9.17) is 11.6 Å². The van der Waals surface area contributed by atoms with E-state index in [1.807, 2.05) is 0 Å². The van der Waals surface area contributed by atoms with Crippen LogP contribution >= 0.6 is 11.6 Å². The molecule has 18 heavy (non-hydrogen) atoms. The van der Waals surface area contributed by atoms with Crippen LogP contribution in [0.15, 0.2) is 36.1 Å². The van der Waals surface area contributed by atoms with Crippen molar-refractivity contribution in [1.82, 2.24) is 0 Å². The SMILES string of the molecule is CC(=O)OC(=CCc1cccc(Cl)c1)C(F)(F)F. The predicted octanol–water partition coefficient (Wildman–Crippen LogP) is 3.89. The van der Waals surface area contributed by atoms with Gasteiger partial charge in [0.05, 0.1) is 0 Å². The highest BCUT2D eigenvalue weighted by Gasteiger charge is 2.36. The molecule has 0 aliphatic heterocycles. The molecule has 0 bridgehead atoms. The maximum atomic E-state index is 12.5. The number of benzene rings is 1. The molecule has 0 amide bonds. The number of carbonyl (C=O) groups excluding carboxylic acids is 1. The number of alkyl halides is 3. The van der Waals surface area contributed by atoms with E-state index in [-0.39, 0.29) is 6.42 Å². The minimum atomic E-state index is -4.69. The average Bonchev–Trinajstić information content (AvgIpc) is 2.22. The molecule has 0 aliphatic carbocycles. The van der Waals surface area contributed by atoms with Crippen LogP contribution in [0.5, 0.6) is 0 Å². The molecule has 1 aromatic rings. The Labute approximate surface area is 107 Å². The van der Waals surface area contributed by atoms with E-state index in [1.54, 1.807) is 24.3 Å². The molecular formula is C12H10ClF3O2. The Kier molecular flexibility index (Phi) is 4.78. The Balaban J connectivity index is 2.86. The van der Waals surface area contributed by atoms with E-state index in [0.717, 1.165) is 13.0 Å². The summed E-state index contributed by atoms with van der Waals surface area (Å²) < 4.78 is 41.6. The summed E-state index contributed by atoms with van der Waals surface area (Å²) in [6.45, 7) is 0.916. The number of halogens is 4. The van der Waals surface area contributed by atoms with Crippen molar-refractivity contribution < 1.29 is 22.7 Å². The number of ether oxygens (including phenoxy) is 1. The highest BCUT2D eigenvalue weighted by molar-refractivity contribution is 6.30. The summed E-state index contributed by atoms with van der Waals surface area (Å²) in [5.74, 6) is -2.32. The van der Waals surface area contributed by atoms with Gasteiger partial charge in [-0.25, -0.2) is 0 Å². The molecule has 0 saturated carbocycles. The lowest BCUT2D eigenvalue weighted by atomic mass is 10.1. The first-order valence-electron chi connectivity index (χ1n) is 4.99. The van der Waals surface area contributed by atoms with E-state index >= 15 is 0 Å². The maximum Gasteiger partial charge on any atom is 0.449 e. The van der Waals surface area contributed by atoms with Gasteiger partial charge >= 0.3 is 12.1 Å². The summed E-state index contributed by atoms with van der Waals surface area (Å²) >= 11 is 5.71. The first kappa shape index (κ1) is 14.6. The second kappa shape index (κ2) is 5.91. The van der Waals surface area contributed by atoms with Gasteiger partial charge in [0, 0.05) is 11.9 Å². The molecule has 0 unspecified atom stereocenters. The van der Waals surface area contributed by atoms with Crippen LogP contribution in [0.25, 0.3) is 0 Å². The second-order valence-corrected chi connectivity index (χ2v) is 3.93. The Morgan fingerprint density at radius 2 is 2.11 bits per heavy atom. The van der Waals surface area contributed by atoms with Crippen molar-refractivity contribution in [2.45, 2.75) is 19.5 Å². The molecule has 0 atom stereocenters. The molecule has 0 fully saturated rings. The summed E-state index contributed by atoms with van der Waals surface area (Å²) in [6.07, 6.45) is -3.90. The van der Waals surface area contributed by atoms with Crippen LogP contribution in [-0.2, 0) is 16.0 Å². The predicted molar refractivity (Wildman–Crippen MR) is 61.1 cm³/mol. The quantitative estimate of drug-likeness (QED) is 0.619. The topological polar surface area (TPSA) is 26.3 Å². The summed E-state index contributed by atoms with van der Waals surface area (Å²) in [7, 11) is 0. The molecule has 0 spiro atoms. The zero-order chi connectivity index (χ0) is 13.8. The minimum Gasteiger partial charge on any atom is -0.422 e. The minimum absolute atomic E-state index is 0.0251. The van der Waals surface area contributed by atoms with Gasteiger partial charge in [0.2, 0.25) is 5.76 Å². The maximum absolute atomic E-state index is 12.5. The van der Waals surface area contributed by atoms with Crippen LogP contribution in [-0.4, -0.2) is 12.1 Å². The molecule has 2 nitrogen and oxygen atoms in total.